The molecule has 0 radical (unpaired) electrons. The van der Waals surface area contributed by atoms with E-state index in [-0.39, 0.29) is 11.5 Å². The molecule has 5 heteroatoms. The van der Waals surface area contributed by atoms with Crippen molar-refractivity contribution >= 4 is 12.0 Å². The molecule has 1 aliphatic rings. The summed E-state index contributed by atoms with van der Waals surface area (Å²) in [4.78, 5) is 11.4. The minimum atomic E-state index is -4.41. The van der Waals surface area contributed by atoms with Crippen LogP contribution in [0.3, 0.4) is 0 Å². The molecule has 1 aliphatic carbocycles. The van der Waals surface area contributed by atoms with E-state index in [2.05, 4.69) is 5.32 Å². The molecule has 0 spiro atoms. The lowest BCUT2D eigenvalue weighted by Gasteiger charge is -2.09. The number of alkyl halides is 3. The molecule has 0 unspecified atom stereocenters. The summed E-state index contributed by atoms with van der Waals surface area (Å²) in [6.07, 6.45) is 0.158. The highest BCUT2D eigenvalue weighted by Gasteiger charge is 2.32. The number of hydrogen-bond acceptors (Lipinski definition) is 1. The first kappa shape index (κ1) is 13.6. The lowest BCUT2D eigenvalue weighted by atomic mass is 10.1. The molecule has 0 heterocycles. The van der Waals surface area contributed by atoms with E-state index in [1.807, 2.05) is 0 Å². The van der Waals surface area contributed by atoms with Crippen LogP contribution in [-0.2, 0) is 11.0 Å². The Morgan fingerprint density at radius 3 is 2.63 bits per heavy atom. The van der Waals surface area contributed by atoms with Crippen molar-refractivity contribution in [3.63, 3.8) is 0 Å². The van der Waals surface area contributed by atoms with Gasteiger partial charge in [0.1, 0.15) is 0 Å². The molecule has 1 saturated carbocycles. The molecule has 2 rings (SSSR count). The highest BCUT2D eigenvalue weighted by atomic mass is 19.4. The second kappa shape index (κ2) is 5.47. The Kier molecular flexibility index (Phi) is 3.93. The number of amides is 1. The summed E-state index contributed by atoms with van der Waals surface area (Å²) in [6, 6.07) is 5.18. The van der Waals surface area contributed by atoms with Crippen molar-refractivity contribution in [2.24, 2.45) is 5.92 Å². The van der Waals surface area contributed by atoms with Crippen LogP contribution in [0.25, 0.3) is 6.08 Å². The van der Waals surface area contributed by atoms with E-state index in [9.17, 15) is 18.0 Å². The first-order valence-corrected chi connectivity index (χ1v) is 6.09. The van der Waals surface area contributed by atoms with Crippen LogP contribution in [0, 0.1) is 5.92 Å². The van der Waals surface area contributed by atoms with Crippen molar-refractivity contribution in [3.8, 4) is 0 Å². The number of rotatable bonds is 4. The van der Waals surface area contributed by atoms with Gasteiger partial charge < -0.3 is 5.32 Å². The topological polar surface area (TPSA) is 29.1 Å². The molecule has 2 nitrogen and oxygen atoms in total. The number of carbonyl (C=O) groups excluding carboxylic acids is 1. The predicted molar refractivity (Wildman–Crippen MR) is 66.2 cm³/mol. The smallest absolute Gasteiger partial charge is 0.352 e. The van der Waals surface area contributed by atoms with Crippen LogP contribution in [0.2, 0.25) is 0 Å². The molecule has 0 aromatic heterocycles. The minimum absolute atomic E-state index is 0.00317. The third-order valence-electron chi connectivity index (χ3n) is 2.94. The average Bonchev–Trinajstić information content (AvgIpc) is 3.17. The van der Waals surface area contributed by atoms with E-state index < -0.39 is 11.7 Å². The normalized spacial score (nSPS) is 15.7. The van der Waals surface area contributed by atoms with Gasteiger partial charge in [0.05, 0.1) is 5.56 Å². The Hall–Kier alpha value is -1.78. The summed E-state index contributed by atoms with van der Waals surface area (Å²) in [5, 5.41) is 2.67. The van der Waals surface area contributed by atoms with Gasteiger partial charge in [0.25, 0.3) is 0 Å². The quantitative estimate of drug-likeness (QED) is 0.835. The second-order valence-corrected chi connectivity index (χ2v) is 4.61. The summed E-state index contributed by atoms with van der Waals surface area (Å²) in [5.74, 6) is 0.184. The van der Waals surface area contributed by atoms with Gasteiger partial charge >= 0.3 is 6.18 Å². The van der Waals surface area contributed by atoms with Crippen molar-refractivity contribution < 1.29 is 18.0 Å². The van der Waals surface area contributed by atoms with Gasteiger partial charge in [-0.1, -0.05) is 18.2 Å². The van der Waals surface area contributed by atoms with Crippen molar-refractivity contribution in [1.29, 1.82) is 0 Å². The highest BCUT2D eigenvalue weighted by Crippen LogP contribution is 2.32. The van der Waals surface area contributed by atoms with E-state index in [4.69, 9.17) is 0 Å². The largest absolute Gasteiger partial charge is 0.416 e. The lowest BCUT2D eigenvalue weighted by molar-refractivity contribution is -0.137. The van der Waals surface area contributed by atoms with Crippen LogP contribution in [0.5, 0.6) is 0 Å². The van der Waals surface area contributed by atoms with Crippen LogP contribution in [0.1, 0.15) is 24.0 Å². The van der Waals surface area contributed by atoms with Crippen LogP contribution in [-0.4, -0.2) is 12.5 Å². The van der Waals surface area contributed by atoms with Crippen molar-refractivity contribution in [2.45, 2.75) is 19.0 Å². The van der Waals surface area contributed by atoms with Crippen LogP contribution >= 0.6 is 0 Å². The molecule has 0 aliphatic heterocycles. The highest BCUT2D eigenvalue weighted by molar-refractivity contribution is 5.91. The van der Waals surface area contributed by atoms with Crippen molar-refractivity contribution in [2.75, 3.05) is 6.54 Å². The average molecular weight is 269 g/mol. The number of benzene rings is 1. The zero-order valence-corrected chi connectivity index (χ0v) is 10.2. The fraction of sp³-hybridized carbons (Fsp3) is 0.357. The molecule has 102 valence electrons. The molecular weight excluding hydrogens is 255 g/mol. The maximum Gasteiger partial charge on any atom is 0.416 e. The molecule has 1 amide bonds. The third-order valence-corrected chi connectivity index (χ3v) is 2.94. The molecule has 1 N–H and O–H groups in total. The fourth-order valence-corrected chi connectivity index (χ4v) is 1.69. The molecule has 1 aromatic rings. The summed E-state index contributed by atoms with van der Waals surface area (Å²) in [7, 11) is 0. The SMILES string of the molecule is O=C(/C=C/c1ccccc1C(F)(F)F)NCC1CC1. The molecular formula is C14H14F3NO. The predicted octanol–water partition coefficient (Wildman–Crippen LogP) is 3.24. The molecule has 0 saturated heterocycles. The van der Waals surface area contributed by atoms with Gasteiger partial charge in [-0.15, -0.1) is 0 Å². The number of nitrogens with one attached hydrogen (secondary N) is 1. The Labute approximate surface area is 109 Å². The Bertz CT molecular complexity index is 490. The molecule has 19 heavy (non-hydrogen) atoms. The van der Waals surface area contributed by atoms with Gasteiger partial charge in [0, 0.05) is 12.6 Å². The molecule has 0 atom stereocenters. The van der Waals surface area contributed by atoms with Gasteiger partial charge in [-0.2, -0.15) is 13.2 Å². The Morgan fingerprint density at radius 2 is 2.00 bits per heavy atom. The van der Waals surface area contributed by atoms with Gasteiger partial charge in [-0.25, -0.2) is 0 Å². The van der Waals surface area contributed by atoms with E-state index >= 15 is 0 Å². The Balaban J connectivity index is 2.03. The van der Waals surface area contributed by atoms with E-state index in [1.165, 1.54) is 24.3 Å². The van der Waals surface area contributed by atoms with Gasteiger partial charge in [-0.3, -0.25) is 4.79 Å². The van der Waals surface area contributed by atoms with E-state index in [0.717, 1.165) is 25.0 Å². The number of hydrogen-bond donors (Lipinski definition) is 1. The number of halogens is 3. The molecule has 1 fully saturated rings. The maximum atomic E-state index is 12.7. The monoisotopic (exact) mass is 269 g/mol. The minimum Gasteiger partial charge on any atom is -0.352 e. The first-order chi connectivity index (χ1) is 8.97. The fourth-order valence-electron chi connectivity index (χ4n) is 1.69. The molecule has 1 aromatic carbocycles. The second-order valence-electron chi connectivity index (χ2n) is 4.61. The lowest BCUT2D eigenvalue weighted by Crippen LogP contribution is -2.23. The van der Waals surface area contributed by atoms with E-state index in [1.54, 1.807) is 0 Å². The number of carbonyl (C=O) groups is 1. The van der Waals surface area contributed by atoms with Gasteiger partial charge in [0.2, 0.25) is 5.91 Å². The van der Waals surface area contributed by atoms with Crippen LogP contribution in [0.15, 0.2) is 30.3 Å². The van der Waals surface area contributed by atoms with Crippen molar-refractivity contribution in [1.82, 2.24) is 5.32 Å². The summed E-state index contributed by atoms with van der Waals surface area (Å²) >= 11 is 0. The Morgan fingerprint density at radius 1 is 1.32 bits per heavy atom. The third kappa shape index (κ3) is 4.12. The maximum absolute atomic E-state index is 12.7. The van der Waals surface area contributed by atoms with Crippen LogP contribution < -0.4 is 5.32 Å². The van der Waals surface area contributed by atoms with Crippen molar-refractivity contribution in [3.05, 3.63) is 41.5 Å². The van der Waals surface area contributed by atoms with Gasteiger partial charge in [0.15, 0.2) is 0 Å². The standard InChI is InChI=1S/C14H14F3NO/c15-14(16,17)12-4-2-1-3-11(12)7-8-13(19)18-9-10-5-6-10/h1-4,7-8,10H,5-6,9H2,(H,18,19)/b8-7+. The summed E-state index contributed by atoms with van der Waals surface area (Å²) in [6.45, 7) is 0.601. The molecule has 0 bridgehead atoms. The van der Waals surface area contributed by atoms with E-state index in [0.29, 0.717) is 12.5 Å². The zero-order chi connectivity index (χ0) is 13.9. The van der Waals surface area contributed by atoms with Crippen LogP contribution in [0.4, 0.5) is 13.2 Å². The van der Waals surface area contributed by atoms with Gasteiger partial charge in [-0.05, 0) is 36.5 Å². The summed E-state index contributed by atoms with van der Waals surface area (Å²) in [5.41, 5.74) is -0.738. The summed E-state index contributed by atoms with van der Waals surface area (Å²) < 4.78 is 38.1. The first-order valence-electron chi connectivity index (χ1n) is 6.09. The zero-order valence-electron chi connectivity index (χ0n) is 10.2.